The van der Waals surface area contributed by atoms with Gasteiger partial charge in [0.2, 0.25) is 0 Å². The van der Waals surface area contributed by atoms with E-state index < -0.39 is 22.5 Å². The van der Waals surface area contributed by atoms with Gasteiger partial charge in [-0.15, -0.1) is 0 Å². The van der Waals surface area contributed by atoms with Crippen LogP contribution in [0.3, 0.4) is 0 Å². The highest BCUT2D eigenvalue weighted by Gasteiger charge is 2.74. The topological polar surface area (TPSA) is 99.1 Å². The van der Waals surface area contributed by atoms with Crippen LogP contribution < -0.4 is 10.1 Å². The van der Waals surface area contributed by atoms with Gasteiger partial charge in [-0.3, -0.25) is 4.79 Å². The van der Waals surface area contributed by atoms with Gasteiger partial charge in [-0.1, -0.05) is 69.3 Å². The summed E-state index contributed by atoms with van der Waals surface area (Å²) in [4.78, 5) is 30.5. The Bertz CT molecular complexity index is 1650. The molecule has 6 aliphatic carbocycles. The summed E-state index contributed by atoms with van der Waals surface area (Å²) in [5, 5.41) is 27.1. The van der Waals surface area contributed by atoms with Crippen molar-refractivity contribution in [2.45, 2.75) is 96.8 Å². The number of rotatable bonds is 9. The van der Waals surface area contributed by atoms with Crippen LogP contribution in [0.5, 0.6) is 5.75 Å². The van der Waals surface area contributed by atoms with Gasteiger partial charge < -0.3 is 25.2 Å². The summed E-state index contributed by atoms with van der Waals surface area (Å²) in [6.45, 7) is 9.50. The molecule has 0 heterocycles. The Balaban J connectivity index is 1.26. The lowest BCUT2D eigenvalue weighted by atomic mass is 9.32. The van der Waals surface area contributed by atoms with Gasteiger partial charge in [0.05, 0.1) is 31.4 Å². The van der Waals surface area contributed by atoms with Crippen LogP contribution in [-0.2, 0) is 0 Å². The molecule has 3 N–H and O–H groups in total. The molecule has 2 aromatic carbocycles. The van der Waals surface area contributed by atoms with E-state index in [0.29, 0.717) is 30.7 Å². The largest absolute Gasteiger partial charge is 0.497 e. The molecule has 9 atom stereocenters. The van der Waals surface area contributed by atoms with Gasteiger partial charge in [0.1, 0.15) is 5.75 Å². The standard InChI is InChI=1S/C42H54N2O5/c1-6-24-44(37(47)43-28(2)29-10-8-7-9-11-29)27-41(48)21-18-35-39(41,4)20-17-34-38(3)19-16-31(45)25-40(38)22-23-42(34,35)33(26-40)36(46)30-12-14-32(49-5)15-13-30/h7-15,22-23,26,28,31,34-35,45,48H,6,16-21,24-25,27H2,1-5H3,(H,43,47). The van der Waals surface area contributed by atoms with Crippen LogP contribution in [0, 0.1) is 33.5 Å². The van der Waals surface area contributed by atoms with E-state index in [4.69, 9.17) is 4.74 Å². The number of Topliss-reactive ketones (excluding diaryl/α,β-unsaturated/α-hetero) is 1. The molecule has 0 aromatic heterocycles. The minimum Gasteiger partial charge on any atom is -0.497 e. The number of amides is 2. The van der Waals surface area contributed by atoms with Gasteiger partial charge in [-0.25, -0.2) is 4.79 Å². The number of methoxy groups -OCH3 is 1. The molecule has 7 nitrogen and oxygen atoms in total. The SMILES string of the molecule is CCCN(CC1(O)CCC2C34C=CC5(C=C3C(=O)c3ccc(OC)cc3)CC(O)CCC5(C)C4CCC21C)C(=O)NC(C)c1ccccc1. The maximum absolute atomic E-state index is 14.8. The molecule has 0 radical (unpaired) electrons. The normalized spacial score (nSPS) is 37.7. The van der Waals surface area contributed by atoms with Gasteiger partial charge >= 0.3 is 6.03 Å². The molecule has 6 aliphatic rings. The van der Waals surface area contributed by atoms with Crippen LogP contribution in [0.1, 0.15) is 101 Å². The number of carbonyl (C=O) groups is 2. The Morgan fingerprint density at radius 3 is 2.33 bits per heavy atom. The summed E-state index contributed by atoms with van der Waals surface area (Å²) < 4.78 is 5.40. The molecule has 3 fully saturated rings. The number of aliphatic hydroxyl groups excluding tert-OH is 1. The number of nitrogens with one attached hydrogen (secondary N) is 1. The van der Waals surface area contributed by atoms with Crippen molar-refractivity contribution in [2.24, 2.45) is 33.5 Å². The van der Waals surface area contributed by atoms with E-state index >= 15 is 0 Å². The minimum atomic E-state index is -1.11. The Hall–Kier alpha value is -3.42. The Morgan fingerprint density at radius 1 is 0.959 bits per heavy atom. The average molecular weight is 667 g/mol. The summed E-state index contributed by atoms with van der Waals surface area (Å²) in [5.74, 6) is 0.963. The van der Waals surface area contributed by atoms with Gasteiger partial charge in [0.15, 0.2) is 5.78 Å². The van der Waals surface area contributed by atoms with E-state index in [2.05, 4.69) is 44.3 Å². The lowest BCUT2D eigenvalue weighted by molar-refractivity contribution is -0.174. The molecular weight excluding hydrogens is 612 g/mol. The van der Waals surface area contributed by atoms with Crippen LogP contribution in [0.25, 0.3) is 0 Å². The number of ether oxygens (including phenoxy) is 1. The zero-order valence-electron chi connectivity index (χ0n) is 29.9. The zero-order valence-corrected chi connectivity index (χ0v) is 29.9. The highest BCUT2D eigenvalue weighted by Crippen LogP contribution is 2.78. The second kappa shape index (κ2) is 12.1. The van der Waals surface area contributed by atoms with Crippen LogP contribution in [0.15, 0.2) is 78.4 Å². The minimum absolute atomic E-state index is 0.0187. The first-order valence-electron chi connectivity index (χ1n) is 18.5. The summed E-state index contributed by atoms with van der Waals surface area (Å²) in [6.07, 6.45) is 12.7. The fraction of sp³-hybridized carbons (Fsp3) is 0.571. The second-order valence-corrected chi connectivity index (χ2v) is 16.4. The van der Waals surface area contributed by atoms with Gasteiger partial charge in [-0.2, -0.15) is 0 Å². The van der Waals surface area contributed by atoms with Crippen molar-refractivity contribution in [1.82, 2.24) is 10.2 Å². The molecule has 2 bridgehead atoms. The van der Waals surface area contributed by atoms with E-state index in [1.165, 1.54) is 0 Å². The van der Waals surface area contributed by atoms with E-state index in [0.717, 1.165) is 49.7 Å². The summed E-state index contributed by atoms with van der Waals surface area (Å²) >= 11 is 0. The number of carbonyl (C=O) groups excluding carboxylic acids is 2. The Kier molecular flexibility index (Phi) is 8.42. The number of hydrogen-bond acceptors (Lipinski definition) is 5. The van der Waals surface area contributed by atoms with Crippen molar-refractivity contribution < 1.29 is 24.5 Å². The fourth-order valence-corrected chi connectivity index (χ4v) is 11.4. The van der Waals surface area contributed by atoms with Gasteiger partial charge in [-0.05, 0) is 105 Å². The van der Waals surface area contributed by atoms with Gasteiger partial charge in [0, 0.05) is 33.9 Å². The summed E-state index contributed by atoms with van der Waals surface area (Å²) in [6, 6.07) is 17.1. The van der Waals surface area contributed by atoms with Crippen molar-refractivity contribution in [2.75, 3.05) is 20.2 Å². The quantitative estimate of drug-likeness (QED) is 0.189. The molecular formula is C42H54N2O5. The molecule has 7 heteroatoms. The van der Waals surface area contributed by atoms with Crippen molar-refractivity contribution >= 4 is 11.8 Å². The lowest BCUT2D eigenvalue weighted by Gasteiger charge is -2.71. The van der Waals surface area contributed by atoms with E-state index in [1.54, 1.807) is 7.11 Å². The first-order valence-corrected chi connectivity index (χ1v) is 18.5. The highest BCUT2D eigenvalue weighted by molar-refractivity contribution is 6.10. The van der Waals surface area contributed by atoms with E-state index in [1.807, 2.05) is 66.4 Å². The van der Waals surface area contributed by atoms with Crippen LogP contribution in [0.2, 0.25) is 0 Å². The van der Waals surface area contributed by atoms with E-state index in [9.17, 15) is 19.8 Å². The summed E-state index contributed by atoms with van der Waals surface area (Å²) in [7, 11) is 1.63. The van der Waals surface area contributed by atoms with Crippen molar-refractivity contribution in [3.05, 3.63) is 89.5 Å². The van der Waals surface area contributed by atoms with Crippen molar-refractivity contribution in [3.63, 3.8) is 0 Å². The average Bonchev–Trinajstić information content (AvgIpc) is 3.37. The molecule has 49 heavy (non-hydrogen) atoms. The Morgan fingerprint density at radius 2 is 1.63 bits per heavy atom. The predicted molar refractivity (Wildman–Crippen MR) is 191 cm³/mol. The third-order valence-electron chi connectivity index (χ3n) is 14.2. The third kappa shape index (κ3) is 4.97. The van der Waals surface area contributed by atoms with Crippen molar-refractivity contribution in [3.8, 4) is 5.75 Å². The number of ketones is 1. The molecule has 2 aromatic rings. The maximum Gasteiger partial charge on any atom is 0.317 e. The van der Waals surface area contributed by atoms with E-state index in [-0.39, 0.29) is 47.1 Å². The predicted octanol–water partition coefficient (Wildman–Crippen LogP) is 7.65. The smallest absolute Gasteiger partial charge is 0.317 e. The molecule has 0 saturated heterocycles. The first kappa shape index (κ1) is 34.0. The van der Waals surface area contributed by atoms with Crippen LogP contribution >= 0.6 is 0 Å². The van der Waals surface area contributed by atoms with Crippen LogP contribution in [-0.4, -0.2) is 58.8 Å². The lowest BCUT2D eigenvalue weighted by Crippen LogP contribution is -2.67. The number of benzene rings is 2. The van der Waals surface area contributed by atoms with Crippen molar-refractivity contribution in [1.29, 1.82) is 0 Å². The summed E-state index contributed by atoms with van der Waals surface area (Å²) in [5.41, 5.74) is -0.168. The molecule has 3 saturated carbocycles. The van der Waals surface area contributed by atoms with Crippen LogP contribution in [0.4, 0.5) is 4.79 Å². The molecule has 0 aliphatic heterocycles. The number of hydrogen-bond donors (Lipinski definition) is 3. The molecule has 9 unspecified atom stereocenters. The number of nitrogens with zero attached hydrogens (tertiary/aromatic N) is 1. The number of urea groups is 1. The molecule has 2 amide bonds. The zero-order chi connectivity index (χ0) is 34.8. The molecule has 8 rings (SSSR count). The fourth-order valence-electron chi connectivity index (χ4n) is 11.4. The number of allylic oxidation sites excluding steroid dienone is 4. The molecule has 2 spiro atoms. The molecule has 262 valence electrons. The first-order chi connectivity index (χ1) is 23.4. The number of aliphatic hydroxyl groups is 2. The monoisotopic (exact) mass is 666 g/mol. The third-order valence-corrected chi connectivity index (χ3v) is 14.2. The maximum atomic E-state index is 14.8. The number of fused-ring (bicyclic) bond motifs is 1. The highest BCUT2D eigenvalue weighted by atomic mass is 16.5. The Labute approximate surface area is 291 Å². The second-order valence-electron chi connectivity index (χ2n) is 16.4. The van der Waals surface area contributed by atoms with Gasteiger partial charge in [0.25, 0.3) is 0 Å².